The van der Waals surface area contributed by atoms with Gasteiger partial charge in [0.05, 0.1) is 38.7 Å². The van der Waals surface area contributed by atoms with Crippen LogP contribution in [0.15, 0.2) is 91.0 Å². The summed E-state index contributed by atoms with van der Waals surface area (Å²) in [6.45, 7) is 4.24. The quantitative estimate of drug-likeness (QED) is 0.0849. The maximum atomic E-state index is 13.6. The average molecular weight is 788 g/mol. The van der Waals surface area contributed by atoms with Gasteiger partial charge in [0.2, 0.25) is 0 Å². The van der Waals surface area contributed by atoms with Gasteiger partial charge < -0.3 is 18.9 Å². The monoisotopic (exact) mass is 787 g/mol. The van der Waals surface area contributed by atoms with E-state index in [0.29, 0.717) is 84.6 Å². The predicted octanol–water partition coefficient (Wildman–Crippen LogP) is 10.5. The number of rotatable bonds is 13. The Kier molecular flexibility index (Phi) is 13.1. The zero-order chi connectivity index (χ0) is 39.7. The van der Waals surface area contributed by atoms with E-state index in [1.165, 1.54) is 22.5 Å². The van der Waals surface area contributed by atoms with Gasteiger partial charge in [-0.3, -0.25) is 9.59 Å². The molecule has 296 valence electrons. The molecule has 0 spiro atoms. The smallest absolute Gasteiger partial charge is 0.338 e. The molecule has 9 nitrogen and oxygen atoms in total. The highest BCUT2D eigenvalue weighted by Gasteiger charge is 2.32. The summed E-state index contributed by atoms with van der Waals surface area (Å²) in [6.07, 6.45) is 7.93. The fraction of sp³-hybridized carbons (Fsp3) is 0.383. The summed E-state index contributed by atoms with van der Waals surface area (Å²) >= 11 is 1.46. The van der Waals surface area contributed by atoms with Crippen LogP contribution in [0.5, 0.6) is 11.5 Å². The number of esters is 4. The Morgan fingerprint density at radius 1 is 0.614 bits per heavy atom. The summed E-state index contributed by atoms with van der Waals surface area (Å²) in [6, 6.07) is 27.9. The Hall–Kier alpha value is -5.35. The fourth-order valence-electron chi connectivity index (χ4n) is 7.67. The van der Waals surface area contributed by atoms with Crippen molar-refractivity contribution in [1.29, 1.82) is 0 Å². The van der Waals surface area contributed by atoms with Gasteiger partial charge in [0.1, 0.15) is 28.7 Å². The van der Waals surface area contributed by atoms with Crippen LogP contribution in [0.2, 0.25) is 0 Å². The third-order valence-corrected chi connectivity index (χ3v) is 12.0. The van der Waals surface area contributed by atoms with Crippen LogP contribution in [-0.4, -0.2) is 41.1 Å². The first-order valence-electron chi connectivity index (χ1n) is 20.3. The van der Waals surface area contributed by atoms with Gasteiger partial charge in [-0.1, -0.05) is 63.1 Å². The van der Waals surface area contributed by atoms with Gasteiger partial charge in [0.25, 0.3) is 0 Å². The molecule has 57 heavy (non-hydrogen) atoms. The highest BCUT2D eigenvalue weighted by Crippen LogP contribution is 2.40. The number of aryl methyl sites for hydroxylation is 2. The molecule has 10 heteroatoms. The van der Waals surface area contributed by atoms with Crippen LogP contribution in [0.25, 0.3) is 20.8 Å². The Labute approximate surface area is 337 Å². The first kappa shape index (κ1) is 39.9. The van der Waals surface area contributed by atoms with Crippen molar-refractivity contribution in [1.82, 2.24) is 4.98 Å². The number of benzene rings is 4. The van der Waals surface area contributed by atoms with Crippen LogP contribution in [0.1, 0.15) is 110 Å². The number of carbonyl (C=O) groups is 4. The fourth-order valence-corrected chi connectivity index (χ4v) is 8.66. The van der Waals surface area contributed by atoms with Crippen LogP contribution in [0.3, 0.4) is 0 Å². The van der Waals surface area contributed by atoms with E-state index in [2.05, 4.69) is 13.8 Å². The van der Waals surface area contributed by atoms with Gasteiger partial charge in [-0.25, -0.2) is 14.6 Å². The molecule has 2 aliphatic carbocycles. The number of thiazole rings is 1. The van der Waals surface area contributed by atoms with Gasteiger partial charge in [0.15, 0.2) is 0 Å². The molecule has 0 radical (unpaired) electrons. The summed E-state index contributed by atoms with van der Waals surface area (Å²) in [7, 11) is 0. The van der Waals surface area contributed by atoms with Gasteiger partial charge in [-0.05, 0) is 130 Å². The molecule has 0 bridgehead atoms. The van der Waals surface area contributed by atoms with Crippen molar-refractivity contribution in [3.8, 4) is 22.1 Å². The average Bonchev–Trinajstić information content (AvgIpc) is 3.67. The molecule has 0 N–H and O–H groups in total. The molecule has 1 aromatic heterocycles. The minimum Gasteiger partial charge on any atom is -0.459 e. The second kappa shape index (κ2) is 18.7. The van der Waals surface area contributed by atoms with E-state index in [-0.39, 0.29) is 47.9 Å². The predicted molar refractivity (Wildman–Crippen MR) is 220 cm³/mol. The lowest BCUT2D eigenvalue weighted by Gasteiger charge is -2.27. The Morgan fingerprint density at radius 3 is 1.63 bits per heavy atom. The molecule has 2 fully saturated rings. The molecule has 0 atom stereocenters. The maximum Gasteiger partial charge on any atom is 0.338 e. The summed E-state index contributed by atoms with van der Waals surface area (Å²) in [4.78, 5) is 57.4. The molecule has 4 aromatic carbocycles. The number of hydrogen-bond acceptors (Lipinski definition) is 10. The summed E-state index contributed by atoms with van der Waals surface area (Å²) in [5, 5.41) is 0.637. The highest BCUT2D eigenvalue weighted by atomic mass is 32.1. The van der Waals surface area contributed by atoms with E-state index in [9.17, 15) is 19.2 Å². The third-order valence-electron chi connectivity index (χ3n) is 10.9. The van der Waals surface area contributed by atoms with Gasteiger partial charge in [0, 0.05) is 0 Å². The standard InChI is InChI=1S/C47H49NO8S/c1-3-7-30-11-15-32(16-12-30)44(49)53-36-23-19-34(20-24-36)46(51)55-38-27-28-41(39(29-38)43-48-40-9-5-6-10-42(40)57-43)56-47(52)35-21-25-37(26-22-35)54-45(50)33-17-13-31(8-4-2)14-18-33/h5-6,9-18,27-29,34-37H,3-4,7-8,19-26H2,1-2H3. The van der Waals surface area contributed by atoms with E-state index in [0.717, 1.165) is 35.9 Å². The van der Waals surface area contributed by atoms with E-state index >= 15 is 0 Å². The normalized spacial score (nSPS) is 19.4. The van der Waals surface area contributed by atoms with Crippen molar-refractivity contribution in [2.45, 2.75) is 103 Å². The molecular weight excluding hydrogens is 739 g/mol. The number of hydrogen-bond donors (Lipinski definition) is 0. The number of aromatic nitrogens is 1. The lowest BCUT2D eigenvalue weighted by atomic mass is 9.87. The lowest BCUT2D eigenvalue weighted by molar-refractivity contribution is -0.141. The lowest BCUT2D eigenvalue weighted by Crippen LogP contribution is -2.30. The van der Waals surface area contributed by atoms with Crippen LogP contribution >= 0.6 is 11.3 Å². The highest BCUT2D eigenvalue weighted by molar-refractivity contribution is 7.21. The summed E-state index contributed by atoms with van der Waals surface area (Å²) < 4.78 is 24.6. The van der Waals surface area contributed by atoms with Crippen molar-refractivity contribution in [3.63, 3.8) is 0 Å². The minimum atomic E-state index is -0.357. The Morgan fingerprint density at radius 2 is 1.12 bits per heavy atom. The maximum absolute atomic E-state index is 13.6. The molecule has 2 aliphatic rings. The number of para-hydroxylation sites is 1. The Balaban J connectivity index is 0.958. The van der Waals surface area contributed by atoms with Crippen molar-refractivity contribution >= 4 is 45.4 Å². The van der Waals surface area contributed by atoms with Crippen molar-refractivity contribution < 1.29 is 38.1 Å². The molecule has 7 rings (SSSR count). The molecule has 5 aromatic rings. The minimum absolute atomic E-state index is 0.255. The molecule has 2 saturated carbocycles. The molecule has 0 amide bonds. The topological polar surface area (TPSA) is 118 Å². The SMILES string of the molecule is CCCc1ccc(C(=O)OC2CCC(C(=O)Oc3ccc(OC(=O)C4CCC(OC(=O)c5ccc(CCC)cc5)CC4)c(-c4nc5ccccc5s4)c3)CC2)cc1. The zero-order valence-electron chi connectivity index (χ0n) is 32.6. The number of ether oxygens (including phenoxy) is 4. The van der Waals surface area contributed by atoms with E-state index < -0.39 is 0 Å². The summed E-state index contributed by atoms with van der Waals surface area (Å²) in [5.74, 6) is -1.42. The van der Waals surface area contributed by atoms with Crippen LogP contribution < -0.4 is 9.47 Å². The number of nitrogens with zero attached hydrogens (tertiary/aromatic N) is 1. The van der Waals surface area contributed by atoms with Gasteiger partial charge in [-0.2, -0.15) is 0 Å². The second-order valence-electron chi connectivity index (χ2n) is 15.1. The number of fused-ring (bicyclic) bond motifs is 1. The molecule has 0 unspecified atom stereocenters. The first-order valence-corrected chi connectivity index (χ1v) is 21.1. The largest absolute Gasteiger partial charge is 0.459 e. The zero-order valence-corrected chi connectivity index (χ0v) is 33.4. The van der Waals surface area contributed by atoms with Crippen LogP contribution in [-0.2, 0) is 31.9 Å². The first-order chi connectivity index (χ1) is 27.8. The Bertz CT molecular complexity index is 2140. The molecule has 1 heterocycles. The molecular formula is C47H49NO8S. The third kappa shape index (κ3) is 10.2. The van der Waals surface area contributed by atoms with Crippen molar-refractivity contribution in [2.24, 2.45) is 11.8 Å². The summed E-state index contributed by atoms with van der Waals surface area (Å²) in [5.41, 5.74) is 4.81. The van der Waals surface area contributed by atoms with Gasteiger partial charge in [-0.15, -0.1) is 11.3 Å². The van der Waals surface area contributed by atoms with E-state index in [1.807, 2.05) is 72.8 Å². The van der Waals surface area contributed by atoms with Gasteiger partial charge >= 0.3 is 23.9 Å². The van der Waals surface area contributed by atoms with Crippen LogP contribution in [0, 0.1) is 11.8 Å². The van der Waals surface area contributed by atoms with E-state index in [1.54, 1.807) is 18.2 Å². The number of carbonyl (C=O) groups excluding carboxylic acids is 4. The van der Waals surface area contributed by atoms with Crippen LogP contribution in [0.4, 0.5) is 0 Å². The second-order valence-corrected chi connectivity index (χ2v) is 16.2. The molecule has 0 saturated heterocycles. The van der Waals surface area contributed by atoms with E-state index in [4.69, 9.17) is 23.9 Å². The van der Waals surface area contributed by atoms with Crippen molar-refractivity contribution in [2.75, 3.05) is 0 Å². The molecule has 0 aliphatic heterocycles. The van der Waals surface area contributed by atoms with Crippen molar-refractivity contribution in [3.05, 3.63) is 113 Å².